The molecule has 0 atom stereocenters. The average Bonchev–Trinajstić information content (AvgIpc) is 3.24. The van der Waals surface area contributed by atoms with Crippen molar-refractivity contribution in [2.75, 3.05) is 25.0 Å². The predicted octanol–water partition coefficient (Wildman–Crippen LogP) is 4.83. The smallest absolute Gasteiger partial charge is 0.434 e. The van der Waals surface area contributed by atoms with Crippen LogP contribution in [0.15, 0.2) is 35.2 Å². The van der Waals surface area contributed by atoms with Gasteiger partial charge in [0.1, 0.15) is 11.7 Å². The molecule has 15 heteroatoms. The highest BCUT2D eigenvalue weighted by Crippen LogP contribution is 2.27. The molecule has 4 heterocycles. The maximum absolute atomic E-state index is 12.9. The summed E-state index contributed by atoms with van der Waals surface area (Å²) in [6.45, 7) is 2.50. The molecule has 4 rings (SSSR count). The minimum absolute atomic E-state index is 0.0338. The lowest BCUT2D eigenvalue weighted by Gasteiger charge is -2.32. The number of ether oxygens (including phenoxy) is 1. The standard InChI is InChI=1S/C24H24F6N6O3/c1-14-21(18(39-35-14)10-16-12-32-19(13-31-16)24(28,29)30)22(37)34-15-2-3-20(33-11-15)38-17-4-7-36(8-5-17)9-6-23(25,26)27/h2-3,11-13,17H,4-10H2,1H3,(H,34,37). The van der Waals surface area contributed by atoms with E-state index >= 15 is 0 Å². The number of nitrogens with one attached hydrogen (secondary N) is 1. The minimum atomic E-state index is -4.62. The Balaban J connectivity index is 1.31. The molecule has 0 radical (unpaired) electrons. The van der Waals surface area contributed by atoms with Crippen LogP contribution in [0.4, 0.5) is 32.0 Å². The molecule has 210 valence electrons. The van der Waals surface area contributed by atoms with E-state index in [2.05, 4.69) is 25.4 Å². The third-order valence-corrected chi connectivity index (χ3v) is 6.03. The molecule has 0 aliphatic carbocycles. The van der Waals surface area contributed by atoms with Crippen LogP contribution in [0.25, 0.3) is 0 Å². The number of amides is 1. The van der Waals surface area contributed by atoms with E-state index in [0.717, 1.165) is 6.20 Å². The van der Waals surface area contributed by atoms with Gasteiger partial charge in [0, 0.05) is 31.9 Å². The molecular weight excluding hydrogens is 534 g/mol. The van der Waals surface area contributed by atoms with E-state index in [9.17, 15) is 31.1 Å². The van der Waals surface area contributed by atoms with Crippen molar-refractivity contribution >= 4 is 11.6 Å². The first-order valence-corrected chi connectivity index (χ1v) is 11.9. The number of pyridine rings is 1. The van der Waals surface area contributed by atoms with Crippen LogP contribution in [0, 0.1) is 6.92 Å². The number of aryl methyl sites for hydroxylation is 1. The van der Waals surface area contributed by atoms with Gasteiger partial charge in [0.05, 0.1) is 42.3 Å². The molecule has 1 saturated heterocycles. The summed E-state index contributed by atoms with van der Waals surface area (Å²) >= 11 is 0. The summed E-state index contributed by atoms with van der Waals surface area (Å²) in [4.78, 5) is 25.9. The quantitative estimate of drug-likeness (QED) is 0.392. The Morgan fingerprint density at radius 2 is 1.82 bits per heavy atom. The Labute approximate surface area is 218 Å². The highest BCUT2D eigenvalue weighted by molar-refractivity contribution is 6.05. The molecule has 1 N–H and O–H groups in total. The number of carbonyl (C=O) groups excluding carboxylic acids is 1. The normalized spacial score (nSPS) is 15.4. The topological polar surface area (TPSA) is 106 Å². The predicted molar refractivity (Wildman–Crippen MR) is 124 cm³/mol. The highest BCUT2D eigenvalue weighted by atomic mass is 19.4. The maximum Gasteiger partial charge on any atom is 0.434 e. The molecule has 3 aromatic rings. The zero-order valence-corrected chi connectivity index (χ0v) is 20.6. The van der Waals surface area contributed by atoms with Crippen LogP contribution in [0.1, 0.15) is 52.5 Å². The third-order valence-electron chi connectivity index (χ3n) is 6.03. The van der Waals surface area contributed by atoms with E-state index < -0.39 is 30.4 Å². The van der Waals surface area contributed by atoms with E-state index in [1.54, 1.807) is 24.0 Å². The zero-order chi connectivity index (χ0) is 28.2. The Morgan fingerprint density at radius 1 is 1.08 bits per heavy atom. The van der Waals surface area contributed by atoms with Crippen LogP contribution in [0.2, 0.25) is 0 Å². The minimum Gasteiger partial charge on any atom is -0.474 e. The van der Waals surface area contributed by atoms with Gasteiger partial charge in [0.15, 0.2) is 11.5 Å². The number of anilines is 1. The molecule has 3 aromatic heterocycles. The molecule has 1 aliphatic heterocycles. The number of likely N-dealkylation sites (tertiary alicyclic amines) is 1. The van der Waals surface area contributed by atoms with E-state index in [1.165, 1.54) is 6.20 Å². The fourth-order valence-electron chi connectivity index (χ4n) is 4.01. The molecule has 1 aliphatic rings. The van der Waals surface area contributed by atoms with Crippen molar-refractivity contribution < 1.29 is 40.4 Å². The van der Waals surface area contributed by atoms with Crippen LogP contribution in [0.5, 0.6) is 5.88 Å². The van der Waals surface area contributed by atoms with Gasteiger partial charge < -0.3 is 19.5 Å². The van der Waals surface area contributed by atoms with Gasteiger partial charge in [-0.3, -0.25) is 9.78 Å². The summed E-state index contributed by atoms with van der Waals surface area (Å²) in [7, 11) is 0. The Bertz CT molecular complexity index is 1250. The van der Waals surface area contributed by atoms with Crippen LogP contribution in [0.3, 0.4) is 0 Å². The molecule has 1 amide bonds. The van der Waals surface area contributed by atoms with E-state index in [1.807, 2.05) is 0 Å². The molecule has 0 unspecified atom stereocenters. The van der Waals surface area contributed by atoms with E-state index in [-0.39, 0.29) is 41.8 Å². The third kappa shape index (κ3) is 7.88. The molecule has 9 nitrogen and oxygen atoms in total. The fraction of sp³-hybridized carbons (Fsp3) is 0.458. The number of carbonyl (C=O) groups is 1. The van der Waals surface area contributed by atoms with Crippen molar-refractivity contribution in [3.8, 4) is 5.88 Å². The lowest BCUT2D eigenvalue weighted by atomic mass is 10.1. The summed E-state index contributed by atoms with van der Waals surface area (Å²) in [5, 5.41) is 6.44. The van der Waals surface area contributed by atoms with Gasteiger partial charge in [-0.2, -0.15) is 26.3 Å². The maximum atomic E-state index is 12.9. The SMILES string of the molecule is Cc1noc(Cc2cnc(C(F)(F)F)cn2)c1C(=O)Nc1ccc(OC2CCN(CCC(F)(F)F)CC2)nc1. The van der Waals surface area contributed by atoms with Gasteiger partial charge in [-0.25, -0.2) is 9.97 Å². The number of alkyl halides is 6. The Kier molecular flexibility index (Phi) is 8.37. The first-order valence-electron chi connectivity index (χ1n) is 11.9. The van der Waals surface area contributed by atoms with Crippen molar-refractivity contribution in [1.29, 1.82) is 0 Å². The summed E-state index contributed by atoms with van der Waals surface area (Å²) in [6, 6.07) is 3.13. The number of piperidine rings is 1. The van der Waals surface area contributed by atoms with Gasteiger partial charge in [0.25, 0.3) is 5.91 Å². The van der Waals surface area contributed by atoms with E-state index in [0.29, 0.717) is 43.7 Å². The number of rotatable bonds is 8. The van der Waals surface area contributed by atoms with Crippen LogP contribution >= 0.6 is 0 Å². The lowest BCUT2D eigenvalue weighted by molar-refractivity contribution is -0.141. The molecule has 0 saturated carbocycles. The Hall–Kier alpha value is -3.75. The summed E-state index contributed by atoms with van der Waals surface area (Å²) in [5.74, 6) is -0.150. The second kappa shape index (κ2) is 11.6. The van der Waals surface area contributed by atoms with Crippen molar-refractivity contribution in [3.63, 3.8) is 0 Å². The van der Waals surface area contributed by atoms with Gasteiger partial charge in [-0.05, 0) is 25.8 Å². The van der Waals surface area contributed by atoms with Crippen molar-refractivity contribution in [2.45, 2.75) is 51.1 Å². The largest absolute Gasteiger partial charge is 0.474 e. The van der Waals surface area contributed by atoms with Gasteiger partial charge in [-0.15, -0.1) is 0 Å². The molecule has 0 aromatic carbocycles. The van der Waals surface area contributed by atoms with Crippen LogP contribution in [-0.2, 0) is 12.6 Å². The molecule has 1 fully saturated rings. The number of aromatic nitrogens is 4. The highest BCUT2D eigenvalue weighted by Gasteiger charge is 2.33. The fourth-order valence-corrected chi connectivity index (χ4v) is 4.01. The number of nitrogens with zero attached hydrogens (tertiary/aromatic N) is 5. The Morgan fingerprint density at radius 3 is 2.41 bits per heavy atom. The second-order valence-corrected chi connectivity index (χ2v) is 9.00. The summed E-state index contributed by atoms with van der Waals surface area (Å²) < 4.78 is 86.4. The van der Waals surface area contributed by atoms with Crippen molar-refractivity contribution in [1.82, 2.24) is 25.0 Å². The van der Waals surface area contributed by atoms with Crippen molar-refractivity contribution in [3.05, 3.63) is 59.1 Å². The monoisotopic (exact) mass is 558 g/mol. The van der Waals surface area contributed by atoms with Gasteiger partial charge >= 0.3 is 12.4 Å². The molecule has 39 heavy (non-hydrogen) atoms. The lowest BCUT2D eigenvalue weighted by Crippen LogP contribution is -2.39. The second-order valence-electron chi connectivity index (χ2n) is 9.00. The molecule has 0 spiro atoms. The number of halogens is 6. The van der Waals surface area contributed by atoms with Crippen molar-refractivity contribution in [2.24, 2.45) is 0 Å². The summed E-state index contributed by atoms with van der Waals surface area (Å²) in [5.41, 5.74) is -0.256. The molecular formula is C24H24F6N6O3. The number of hydrogen-bond donors (Lipinski definition) is 1. The number of hydrogen-bond acceptors (Lipinski definition) is 8. The first kappa shape index (κ1) is 28.3. The first-order chi connectivity index (χ1) is 18.4. The van der Waals surface area contributed by atoms with E-state index in [4.69, 9.17) is 9.26 Å². The average molecular weight is 558 g/mol. The zero-order valence-electron chi connectivity index (χ0n) is 20.6. The van der Waals surface area contributed by atoms with Gasteiger partial charge in [0.2, 0.25) is 5.88 Å². The van der Waals surface area contributed by atoms with Gasteiger partial charge in [-0.1, -0.05) is 5.16 Å². The summed E-state index contributed by atoms with van der Waals surface area (Å²) in [6.07, 6.45) is -5.85. The molecule has 0 bridgehead atoms. The van der Waals surface area contributed by atoms with Crippen LogP contribution in [-0.4, -0.2) is 62.8 Å². The van der Waals surface area contributed by atoms with Crippen LogP contribution < -0.4 is 10.1 Å².